The molecule has 0 bridgehead atoms. The monoisotopic (exact) mass is 327 g/mol. The van der Waals surface area contributed by atoms with Gasteiger partial charge in [0.15, 0.2) is 0 Å². The minimum absolute atomic E-state index is 0.0658. The number of halogens is 2. The van der Waals surface area contributed by atoms with Crippen LogP contribution >= 0.6 is 15.9 Å². The average molecular weight is 328 g/mol. The second-order valence-corrected chi connectivity index (χ2v) is 6.71. The highest BCUT2D eigenvalue weighted by molar-refractivity contribution is 9.10. The van der Waals surface area contributed by atoms with Gasteiger partial charge in [0.25, 0.3) is 0 Å². The van der Waals surface area contributed by atoms with Crippen molar-refractivity contribution in [3.05, 3.63) is 34.1 Å². The van der Waals surface area contributed by atoms with Crippen molar-refractivity contribution in [2.24, 2.45) is 5.92 Å². The average Bonchev–Trinajstić information content (AvgIpc) is 2.40. The summed E-state index contributed by atoms with van der Waals surface area (Å²) in [5.41, 5.74) is 0.893. The lowest BCUT2D eigenvalue weighted by Gasteiger charge is -2.33. The molecule has 1 nitrogen and oxygen atoms in total. The fourth-order valence-electron chi connectivity index (χ4n) is 3.06. The molecular weight excluding hydrogens is 305 g/mol. The Morgan fingerprint density at radius 3 is 2.79 bits per heavy atom. The molecule has 1 aliphatic rings. The Bertz CT molecular complexity index is 419. The molecule has 0 spiro atoms. The fraction of sp³-hybridized carbons (Fsp3) is 0.625. The highest BCUT2D eigenvalue weighted by Gasteiger charge is 2.28. The Balaban J connectivity index is 2.16. The first-order valence-electron chi connectivity index (χ1n) is 7.27. The molecule has 1 fully saturated rings. The van der Waals surface area contributed by atoms with E-state index in [9.17, 15) is 4.39 Å². The van der Waals surface area contributed by atoms with Crippen LogP contribution in [0.25, 0.3) is 0 Å². The van der Waals surface area contributed by atoms with Gasteiger partial charge >= 0.3 is 0 Å². The van der Waals surface area contributed by atoms with Crippen LogP contribution in [-0.4, -0.2) is 12.6 Å². The van der Waals surface area contributed by atoms with Crippen LogP contribution in [0.2, 0.25) is 0 Å². The van der Waals surface area contributed by atoms with Crippen LogP contribution in [0.3, 0.4) is 0 Å². The molecule has 1 N–H and O–H groups in total. The van der Waals surface area contributed by atoms with Gasteiger partial charge in [-0.3, -0.25) is 0 Å². The van der Waals surface area contributed by atoms with Crippen molar-refractivity contribution >= 4 is 15.9 Å². The second-order valence-electron chi connectivity index (χ2n) is 5.86. The zero-order valence-electron chi connectivity index (χ0n) is 11.8. The third-order valence-corrected chi connectivity index (χ3v) is 4.69. The number of rotatable bonds is 4. The molecule has 0 saturated heterocycles. The summed E-state index contributed by atoms with van der Waals surface area (Å²) < 4.78 is 14.9. The lowest BCUT2D eigenvalue weighted by Crippen LogP contribution is -2.33. The van der Waals surface area contributed by atoms with Gasteiger partial charge in [0.1, 0.15) is 5.82 Å². The van der Waals surface area contributed by atoms with Crippen LogP contribution in [0.5, 0.6) is 0 Å². The number of hydrogen-bond acceptors (Lipinski definition) is 1. The van der Waals surface area contributed by atoms with Gasteiger partial charge in [0.2, 0.25) is 0 Å². The molecule has 2 unspecified atom stereocenters. The highest BCUT2D eigenvalue weighted by atomic mass is 79.9. The predicted molar refractivity (Wildman–Crippen MR) is 81.9 cm³/mol. The van der Waals surface area contributed by atoms with Crippen molar-refractivity contribution in [1.82, 2.24) is 5.32 Å². The summed E-state index contributed by atoms with van der Waals surface area (Å²) in [7, 11) is 0. The van der Waals surface area contributed by atoms with Gasteiger partial charge in [0.05, 0.1) is 4.47 Å². The summed E-state index contributed by atoms with van der Waals surface area (Å²) in [6.45, 7) is 5.32. The summed E-state index contributed by atoms with van der Waals surface area (Å²) in [4.78, 5) is 0. The molecule has 1 aromatic carbocycles. The molecule has 0 radical (unpaired) electrons. The smallest absolute Gasteiger partial charge is 0.140 e. The molecule has 106 valence electrons. The zero-order chi connectivity index (χ0) is 13.8. The molecular formula is C16H23BrFN. The van der Waals surface area contributed by atoms with Crippen molar-refractivity contribution in [2.45, 2.75) is 51.5 Å². The first-order chi connectivity index (χ1) is 9.09. The number of hydrogen-bond donors (Lipinski definition) is 1. The van der Waals surface area contributed by atoms with Crippen molar-refractivity contribution in [2.75, 3.05) is 6.54 Å². The SMILES string of the molecule is CC(C)NCC1CCCCC1c1cccc(Br)c1F. The molecule has 3 heteroatoms. The Morgan fingerprint density at radius 2 is 2.05 bits per heavy atom. The highest BCUT2D eigenvalue weighted by Crippen LogP contribution is 2.39. The van der Waals surface area contributed by atoms with E-state index >= 15 is 0 Å². The van der Waals surface area contributed by atoms with E-state index in [-0.39, 0.29) is 5.82 Å². The van der Waals surface area contributed by atoms with Gasteiger partial charge in [-0.05, 0) is 58.8 Å². The third kappa shape index (κ3) is 3.79. The van der Waals surface area contributed by atoms with Gasteiger partial charge in [-0.1, -0.05) is 38.8 Å². The standard InChI is InChI=1S/C16H23BrFN/c1-11(2)19-10-12-6-3-4-7-13(12)14-8-5-9-15(17)16(14)18/h5,8-9,11-13,19H,3-4,6-7,10H2,1-2H3. The molecule has 0 aromatic heterocycles. The number of nitrogens with one attached hydrogen (secondary N) is 1. The van der Waals surface area contributed by atoms with Gasteiger partial charge in [-0.2, -0.15) is 0 Å². The van der Waals surface area contributed by atoms with E-state index in [1.807, 2.05) is 12.1 Å². The predicted octanol–water partition coefficient (Wildman–Crippen LogP) is 4.86. The molecule has 0 amide bonds. The van der Waals surface area contributed by atoms with Crippen LogP contribution in [0, 0.1) is 11.7 Å². The third-order valence-electron chi connectivity index (χ3n) is 4.08. The molecule has 0 heterocycles. The van der Waals surface area contributed by atoms with Crippen LogP contribution < -0.4 is 5.32 Å². The maximum Gasteiger partial charge on any atom is 0.140 e. The summed E-state index contributed by atoms with van der Waals surface area (Å²) in [5, 5.41) is 3.51. The zero-order valence-corrected chi connectivity index (χ0v) is 13.3. The van der Waals surface area contributed by atoms with Crippen LogP contribution in [0.4, 0.5) is 4.39 Å². The second kappa shape index (κ2) is 6.85. The lowest BCUT2D eigenvalue weighted by molar-refractivity contribution is 0.284. The summed E-state index contributed by atoms with van der Waals surface area (Å²) in [5.74, 6) is 0.849. The molecule has 19 heavy (non-hydrogen) atoms. The van der Waals surface area contributed by atoms with Crippen LogP contribution in [-0.2, 0) is 0 Å². The molecule has 1 saturated carbocycles. The van der Waals surface area contributed by atoms with Gasteiger partial charge < -0.3 is 5.32 Å². The topological polar surface area (TPSA) is 12.0 Å². The summed E-state index contributed by atoms with van der Waals surface area (Å²) >= 11 is 3.30. The normalized spacial score (nSPS) is 23.8. The quantitative estimate of drug-likeness (QED) is 0.832. The van der Waals surface area contributed by atoms with Crippen molar-refractivity contribution < 1.29 is 4.39 Å². The van der Waals surface area contributed by atoms with Gasteiger partial charge in [0, 0.05) is 6.04 Å². The van der Waals surface area contributed by atoms with E-state index in [2.05, 4.69) is 35.1 Å². The summed E-state index contributed by atoms with van der Waals surface area (Å²) in [6, 6.07) is 6.18. The molecule has 2 rings (SSSR count). The van der Waals surface area contributed by atoms with Crippen molar-refractivity contribution in [1.29, 1.82) is 0 Å². The first kappa shape index (κ1) is 15.0. The summed E-state index contributed by atoms with van der Waals surface area (Å²) in [6.07, 6.45) is 4.81. The van der Waals surface area contributed by atoms with Crippen molar-refractivity contribution in [3.63, 3.8) is 0 Å². The Labute approximate surface area is 124 Å². The Morgan fingerprint density at radius 1 is 1.32 bits per heavy atom. The van der Waals surface area contributed by atoms with E-state index in [0.717, 1.165) is 18.5 Å². The fourth-order valence-corrected chi connectivity index (χ4v) is 3.44. The molecule has 2 atom stereocenters. The molecule has 1 aliphatic carbocycles. The lowest BCUT2D eigenvalue weighted by atomic mass is 9.75. The number of benzene rings is 1. The molecule has 0 aliphatic heterocycles. The van der Waals surface area contributed by atoms with Gasteiger partial charge in [-0.15, -0.1) is 0 Å². The van der Waals surface area contributed by atoms with Gasteiger partial charge in [-0.25, -0.2) is 4.39 Å². The minimum atomic E-state index is -0.0658. The van der Waals surface area contributed by atoms with E-state index in [4.69, 9.17) is 0 Å². The van der Waals surface area contributed by atoms with Crippen LogP contribution in [0.15, 0.2) is 22.7 Å². The van der Waals surface area contributed by atoms with E-state index < -0.39 is 0 Å². The minimum Gasteiger partial charge on any atom is -0.314 e. The van der Waals surface area contributed by atoms with Crippen LogP contribution in [0.1, 0.15) is 51.0 Å². The Kier molecular flexibility index (Phi) is 5.40. The first-order valence-corrected chi connectivity index (χ1v) is 8.06. The Hall–Kier alpha value is -0.410. The van der Waals surface area contributed by atoms with E-state index in [0.29, 0.717) is 22.4 Å². The van der Waals surface area contributed by atoms with E-state index in [1.54, 1.807) is 6.07 Å². The maximum absolute atomic E-state index is 14.3. The molecule has 1 aromatic rings. The largest absolute Gasteiger partial charge is 0.314 e. The van der Waals surface area contributed by atoms with Crippen molar-refractivity contribution in [3.8, 4) is 0 Å². The maximum atomic E-state index is 14.3. The van der Waals surface area contributed by atoms with E-state index in [1.165, 1.54) is 19.3 Å².